The Morgan fingerprint density at radius 3 is 1.75 bits per heavy atom. The van der Waals surface area contributed by atoms with Crippen LogP contribution < -0.4 is 0 Å². The zero-order chi connectivity index (χ0) is 20.4. The molecule has 0 bridgehead atoms. The number of hydrogen-bond acceptors (Lipinski definition) is 6. The predicted molar refractivity (Wildman–Crippen MR) is 105 cm³/mol. The maximum Gasteiger partial charge on any atom is 0.199 e. The van der Waals surface area contributed by atoms with E-state index in [0.717, 1.165) is 0 Å². The van der Waals surface area contributed by atoms with Gasteiger partial charge in [0, 0.05) is 12.5 Å². The number of rotatable bonds is 6. The zero-order valence-electron chi connectivity index (χ0n) is 15.3. The molecule has 2 unspecified atom stereocenters. The molecule has 6 nitrogen and oxygen atoms in total. The van der Waals surface area contributed by atoms with E-state index in [9.17, 15) is 27.0 Å². The van der Waals surface area contributed by atoms with Crippen molar-refractivity contribution in [2.24, 2.45) is 5.92 Å². The van der Waals surface area contributed by atoms with Gasteiger partial charge in [0.15, 0.2) is 23.8 Å². The molecule has 28 heavy (non-hydrogen) atoms. The monoisotopic (exact) mass is 424 g/mol. The first-order valence-electron chi connectivity index (χ1n) is 9.17. The number of aliphatic hydroxyl groups excluding tert-OH is 2. The molecule has 3 rings (SSSR count). The molecule has 2 N–H and O–H groups in total. The van der Waals surface area contributed by atoms with E-state index in [1.807, 2.05) is 0 Å². The molecule has 2 aromatic rings. The molecular weight excluding hydrogens is 400 g/mol. The third-order valence-electron chi connectivity index (χ3n) is 5.51. The Hall–Kier alpha value is -1.74. The second-order valence-electron chi connectivity index (χ2n) is 7.02. The second kappa shape index (κ2) is 7.94. The van der Waals surface area contributed by atoms with Crippen LogP contribution in [0.5, 0.6) is 0 Å². The van der Waals surface area contributed by atoms with Gasteiger partial charge in [-0.1, -0.05) is 36.4 Å². The van der Waals surface area contributed by atoms with Crippen molar-refractivity contribution in [3.8, 4) is 0 Å². The van der Waals surface area contributed by atoms with Crippen molar-refractivity contribution in [3.63, 3.8) is 0 Å². The van der Waals surface area contributed by atoms with Gasteiger partial charge in [0.2, 0.25) is 0 Å². The number of aliphatic hydroxyl groups is 2. The molecule has 0 heterocycles. The molecule has 1 fully saturated rings. The quantitative estimate of drug-likeness (QED) is 0.736. The Morgan fingerprint density at radius 1 is 0.857 bits per heavy atom. The summed E-state index contributed by atoms with van der Waals surface area (Å²) in [5.74, 6) is -1.14. The Balaban J connectivity index is 2.35. The lowest BCUT2D eigenvalue weighted by molar-refractivity contribution is 0.0480. The first-order chi connectivity index (χ1) is 13.3. The molecule has 0 aliphatic heterocycles. The van der Waals surface area contributed by atoms with E-state index in [4.69, 9.17) is 0 Å². The van der Waals surface area contributed by atoms with Gasteiger partial charge >= 0.3 is 0 Å². The van der Waals surface area contributed by atoms with Crippen LogP contribution in [0.2, 0.25) is 0 Å². The molecule has 152 valence electrons. The fourth-order valence-corrected chi connectivity index (χ4v) is 9.93. The maximum atomic E-state index is 13.8. The van der Waals surface area contributed by atoms with E-state index in [1.54, 1.807) is 12.1 Å². The summed E-state index contributed by atoms with van der Waals surface area (Å²) in [6, 6.07) is 14.9. The molecule has 0 saturated heterocycles. The Labute approximate surface area is 165 Å². The summed E-state index contributed by atoms with van der Waals surface area (Å²) in [5.41, 5.74) is 0. The minimum Gasteiger partial charge on any atom is -0.396 e. The van der Waals surface area contributed by atoms with Gasteiger partial charge in [0.05, 0.1) is 15.9 Å². The lowest BCUT2D eigenvalue weighted by Gasteiger charge is -2.44. The third kappa shape index (κ3) is 3.18. The van der Waals surface area contributed by atoms with E-state index >= 15 is 0 Å². The van der Waals surface area contributed by atoms with E-state index in [2.05, 4.69) is 0 Å². The molecule has 0 aromatic heterocycles. The van der Waals surface area contributed by atoms with Crippen molar-refractivity contribution in [3.05, 3.63) is 60.7 Å². The van der Waals surface area contributed by atoms with Gasteiger partial charge in [0.25, 0.3) is 0 Å². The molecule has 0 radical (unpaired) electrons. The van der Waals surface area contributed by atoms with Crippen LogP contribution in [-0.4, -0.2) is 43.8 Å². The van der Waals surface area contributed by atoms with Crippen LogP contribution in [0.3, 0.4) is 0 Å². The minimum atomic E-state index is -4.39. The molecular formula is C20H24O6S2. The van der Waals surface area contributed by atoms with Gasteiger partial charge < -0.3 is 10.2 Å². The zero-order valence-corrected chi connectivity index (χ0v) is 16.9. The first kappa shape index (κ1) is 21.0. The normalized spacial score (nSPS) is 22.6. The fourth-order valence-electron chi connectivity index (χ4n) is 4.20. The maximum absolute atomic E-state index is 13.8. The van der Waals surface area contributed by atoms with Crippen LogP contribution in [0.1, 0.15) is 25.7 Å². The average molecular weight is 425 g/mol. The van der Waals surface area contributed by atoms with Crippen LogP contribution in [0.15, 0.2) is 70.5 Å². The SMILES string of the molecule is O=S(=O)(c1ccccc1)C1(S(=O)(=O)c2ccccc2)CCCC(O)C1CCO. The van der Waals surface area contributed by atoms with E-state index in [-0.39, 0.29) is 29.1 Å². The van der Waals surface area contributed by atoms with Crippen LogP contribution in [0.4, 0.5) is 0 Å². The van der Waals surface area contributed by atoms with Gasteiger partial charge in [0.1, 0.15) is 0 Å². The predicted octanol–water partition coefficient (Wildman–Crippen LogP) is 2.17. The smallest absolute Gasteiger partial charge is 0.199 e. The summed E-state index contributed by atoms with van der Waals surface area (Å²) >= 11 is 0. The average Bonchev–Trinajstić information content (AvgIpc) is 2.70. The summed E-state index contributed by atoms with van der Waals surface area (Å²) < 4.78 is 52.9. The molecule has 1 aliphatic rings. The van der Waals surface area contributed by atoms with Gasteiger partial charge in [-0.2, -0.15) is 0 Å². The molecule has 2 atom stereocenters. The molecule has 0 amide bonds. The van der Waals surface area contributed by atoms with Gasteiger partial charge in [-0.3, -0.25) is 0 Å². The lowest BCUT2D eigenvalue weighted by Crippen LogP contribution is -2.58. The summed E-state index contributed by atoms with van der Waals surface area (Å²) in [4.78, 5) is -0.210. The highest BCUT2D eigenvalue weighted by molar-refractivity contribution is 8.10. The highest BCUT2D eigenvalue weighted by Gasteiger charge is 2.63. The van der Waals surface area contributed by atoms with Crippen LogP contribution in [0, 0.1) is 5.92 Å². The molecule has 1 aliphatic carbocycles. The topological polar surface area (TPSA) is 109 Å². The van der Waals surface area contributed by atoms with Crippen LogP contribution in [-0.2, 0) is 19.7 Å². The second-order valence-corrected chi connectivity index (χ2v) is 11.7. The largest absolute Gasteiger partial charge is 0.396 e. The highest BCUT2D eigenvalue weighted by atomic mass is 32.3. The number of sulfone groups is 2. The van der Waals surface area contributed by atoms with Crippen molar-refractivity contribution in [1.29, 1.82) is 0 Å². The van der Waals surface area contributed by atoms with Crippen molar-refractivity contribution < 1.29 is 27.0 Å². The Morgan fingerprint density at radius 2 is 1.32 bits per heavy atom. The Kier molecular flexibility index (Phi) is 5.95. The molecule has 2 aromatic carbocycles. The van der Waals surface area contributed by atoms with Crippen LogP contribution >= 0.6 is 0 Å². The molecule has 1 saturated carbocycles. The van der Waals surface area contributed by atoms with E-state index < -0.39 is 42.4 Å². The van der Waals surface area contributed by atoms with Gasteiger partial charge in [-0.25, -0.2) is 16.8 Å². The Bertz CT molecular complexity index is 932. The number of hydrogen-bond donors (Lipinski definition) is 2. The summed E-state index contributed by atoms with van der Waals surface area (Å²) in [5, 5.41) is 20.2. The highest BCUT2D eigenvalue weighted by Crippen LogP contribution is 2.50. The van der Waals surface area contributed by atoms with Crippen molar-refractivity contribution >= 4 is 19.7 Å². The third-order valence-corrected chi connectivity index (χ3v) is 11.4. The summed E-state index contributed by atoms with van der Waals surface area (Å²) in [7, 11) is -8.79. The summed E-state index contributed by atoms with van der Waals surface area (Å²) in [6.07, 6.45) is -0.858. The van der Waals surface area contributed by atoms with Crippen molar-refractivity contribution in [1.82, 2.24) is 0 Å². The van der Waals surface area contributed by atoms with Crippen LogP contribution in [0.25, 0.3) is 0 Å². The van der Waals surface area contributed by atoms with Crippen molar-refractivity contribution in [2.75, 3.05) is 6.61 Å². The van der Waals surface area contributed by atoms with E-state index in [0.29, 0.717) is 6.42 Å². The van der Waals surface area contributed by atoms with Gasteiger partial charge in [-0.15, -0.1) is 0 Å². The summed E-state index contributed by atoms with van der Waals surface area (Å²) in [6.45, 7) is -0.419. The van der Waals surface area contributed by atoms with Gasteiger partial charge in [-0.05, 0) is 49.9 Å². The van der Waals surface area contributed by atoms with E-state index in [1.165, 1.54) is 48.5 Å². The number of benzene rings is 2. The molecule has 8 heteroatoms. The van der Waals surface area contributed by atoms with Crippen molar-refractivity contribution in [2.45, 2.75) is 45.7 Å². The first-order valence-corrected chi connectivity index (χ1v) is 12.1. The molecule has 0 spiro atoms. The standard InChI is InChI=1S/C20H24O6S2/c21-15-13-18-19(22)12-7-14-20(18,27(23,24)16-8-3-1-4-9-16)28(25,26)17-10-5-2-6-11-17/h1-6,8-11,18-19,21-22H,7,12-15H2. The minimum absolute atomic E-state index is 0.105. The fraction of sp³-hybridized carbons (Fsp3) is 0.400. The lowest BCUT2D eigenvalue weighted by atomic mass is 9.83.